The number of hydrogen-bond acceptors (Lipinski definition) is 3. The highest BCUT2D eigenvalue weighted by atomic mass is 16.5. The van der Waals surface area contributed by atoms with E-state index in [1.807, 2.05) is 20.8 Å². The molecule has 0 unspecified atom stereocenters. The van der Waals surface area contributed by atoms with Crippen molar-refractivity contribution in [2.75, 3.05) is 0 Å². The average molecular weight is 234 g/mol. The van der Waals surface area contributed by atoms with Gasteiger partial charge < -0.3 is 10.1 Å². The normalized spacial score (nSPS) is 12.0. The zero-order valence-corrected chi connectivity index (χ0v) is 10.4. The second kappa shape index (κ2) is 6.03. The fourth-order valence-electron chi connectivity index (χ4n) is 1.19. The van der Waals surface area contributed by atoms with Gasteiger partial charge in [0.1, 0.15) is 5.69 Å². The summed E-state index contributed by atoms with van der Waals surface area (Å²) in [7, 11) is 0. The largest absolute Gasteiger partial charge is 0.475 e. The number of nitrogens with zero attached hydrogens (tertiary/aromatic N) is 1. The van der Waals surface area contributed by atoms with Crippen LogP contribution in [0.15, 0.2) is 30.9 Å². The van der Waals surface area contributed by atoms with Crippen LogP contribution in [-0.4, -0.2) is 23.0 Å². The van der Waals surface area contributed by atoms with Gasteiger partial charge >= 0.3 is 0 Å². The molecule has 0 saturated heterocycles. The minimum Gasteiger partial charge on any atom is -0.475 e. The van der Waals surface area contributed by atoms with E-state index in [4.69, 9.17) is 4.74 Å². The minimum atomic E-state index is -0.230. The fraction of sp³-hybridized carbons (Fsp3) is 0.385. The third-order valence-corrected chi connectivity index (χ3v) is 2.02. The third kappa shape index (κ3) is 4.26. The third-order valence-electron chi connectivity index (χ3n) is 2.02. The number of ether oxygens (including phenoxy) is 1. The van der Waals surface area contributed by atoms with E-state index < -0.39 is 0 Å². The first-order valence-electron chi connectivity index (χ1n) is 5.60. The van der Waals surface area contributed by atoms with Crippen LogP contribution in [0, 0.1) is 0 Å². The molecule has 92 valence electrons. The molecule has 0 aliphatic carbocycles. The molecule has 0 saturated carbocycles. The van der Waals surface area contributed by atoms with Crippen LogP contribution in [0.3, 0.4) is 0 Å². The van der Waals surface area contributed by atoms with Gasteiger partial charge in [0.05, 0.1) is 6.10 Å². The van der Waals surface area contributed by atoms with Crippen molar-refractivity contribution in [2.24, 2.45) is 0 Å². The second-order valence-electron chi connectivity index (χ2n) is 4.03. The second-order valence-corrected chi connectivity index (χ2v) is 4.03. The van der Waals surface area contributed by atoms with Crippen molar-refractivity contribution in [2.45, 2.75) is 32.9 Å². The summed E-state index contributed by atoms with van der Waals surface area (Å²) < 4.78 is 5.43. The van der Waals surface area contributed by atoms with E-state index in [9.17, 15) is 4.79 Å². The molecular formula is C13H18N2O2. The maximum atomic E-state index is 11.8. The highest BCUT2D eigenvalue weighted by Crippen LogP contribution is 2.09. The van der Waals surface area contributed by atoms with Crippen molar-refractivity contribution in [3.63, 3.8) is 0 Å². The molecule has 1 aromatic heterocycles. The van der Waals surface area contributed by atoms with Gasteiger partial charge in [0, 0.05) is 12.1 Å². The molecule has 0 radical (unpaired) electrons. The predicted molar refractivity (Wildman–Crippen MR) is 67.1 cm³/mol. The summed E-state index contributed by atoms with van der Waals surface area (Å²) in [6.45, 7) is 9.27. The molecule has 1 atom stereocenters. The lowest BCUT2D eigenvalue weighted by atomic mass is 10.3. The molecule has 0 aliphatic rings. The Morgan fingerprint density at radius 2 is 2.18 bits per heavy atom. The number of carbonyl (C=O) groups is 1. The summed E-state index contributed by atoms with van der Waals surface area (Å²) in [5.74, 6) is 0.227. The Kier molecular flexibility index (Phi) is 4.69. The summed E-state index contributed by atoms with van der Waals surface area (Å²) in [6.07, 6.45) is 1.69. The van der Waals surface area contributed by atoms with Gasteiger partial charge in [0.25, 0.3) is 5.91 Å². The first kappa shape index (κ1) is 13.2. The van der Waals surface area contributed by atoms with Crippen LogP contribution in [0.5, 0.6) is 5.88 Å². The first-order valence-corrected chi connectivity index (χ1v) is 5.60. The van der Waals surface area contributed by atoms with Gasteiger partial charge in [0.15, 0.2) is 0 Å². The Balaban J connectivity index is 2.77. The molecule has 1 heterocycles. The molecular weight excluding hydrogens is 216 g/mol. The number of hydrogen-bond donors (Lipinski definition) is 1. The van der Waals surface area contributed by atoms with Crippen LogP contribution in [0.2, 0.25) is 0 Å². The van der Waals surface area contributed by atoms with Crippen molar-refractivity contribution in [3.05, 3.63) is 36.5 Å². The molecule has 0 spiro atoms. The highest BCUT2D eigenvalue weighted by Gasteiger charge is 2.10. The zero-order chi connectivity index (χ0) is 12.8. The van der Waals surface area contributed by atoms with Crippen molar-refractivity contribution in [3.8, 4) is 5.88 Å². The summed E-state index contributed by atoms with van der Waals surface area (Å²) in [6, 6.07) is 5.04. The van der Waals surface area contributed by atoms with E-state index in [-0.39, 0.29) is 18.1 Å². The van der Waals surface area contributed by atoms with Gasteiger partial charge in [0.2, 0.25) is 5.88 Å². The number of carbonyl (C=O) groups excluding carboxylic acids is 1. The lowest BCUT2D eigenvalue weighted by Gasteiger charge is -2.11. The number of rotatable bonds is 5. The lowest BCUT2D eigenvalue weighted by molar-refractivity contribution is 0.0940. The first-order chi connectivity index (χ1) is 8.02. The number of pyridine rings is 1. The Labute approximate surface area is 102 Å². The summed E-state index contributed by atoms with van der Waals surface area (Å²) in [4.78, 5) is 15.9. The zero-order valence-electron chi connectivity index (χ0n) is 10.4. The lowest BCUT2D eigenvalue weighted by Crippen LogP contribution is -2.31. The molecule has 1 aromatic rings. The van der Waals surface area contributed by atoms with Crippen molar-refractivity contribution >= 4 is 5.91 Å². The van der Waals surface area contributed by atoms with Gasteiger partial charge in [-0.15, -0.1) is 6.58 Å². The van der Waals surface area contributed by atoms with E-state index in [0.717, 1.165) is 0 Å². The molecule has 4 heteroatoms. The van der Waals surface area contributed by atoms with E-state index in [2.05, 4.69) is 16.9 Å². The van der Waals surface area contributed by atoms with Gasteiger partial charge in [-0.05, 0) is 26.8 Å². The summed E-state index contributed by atoms with van der Waals surface area (Å²) >= 11 is 0. The van der Waals surface area contributed by atoms with Crippen molar-refractivity contribution < 1.29 is 9.53 Å². The van der Waals surface area contributed by atoms with Crippen LogP contribution >= 0.6 is 0 Å². The standard InChI is InChI=1S/C13H18N2O2/c1-5-10(4)14-13(16)11-7-6-8-12(15-11)17-9(2)3/h5-10H,1H2,2-4H3,(H,14,16)/t10-/m0/s1. The molecule has 0 bridgehead atoms. The molecule has 4 nitrogen and oxygen atoms in total. The molecule has 0 fully saturated rings. The smallest absolute Gasteiger partial charge is 0.270 e. The van der Waals surface area contributed by atoms with Gasteiger partial charge in [-0.3, -0.25) is 4.79 Å². The van der Waals surface area contributed by atoms with E-state index >= 15 is 0 Å². The Morgan fingerprint density at radius 1 is 1.47 bits per heavy atom. The van der Waals surface area contributed by atoms with Crippen LogP contribution in [-0.2, 0) is 0 Å². The van der Waals surface area contributed by atoms with Crippen LogP contribution < -0.4 is 10.1 Å². The Morgan fingerprint density at radius 3 is 2.76 bits per heavy atom. The molecule has 0 aromatic carbocycles. The molecule has 1 N–H and O–H groups in total. The minimum absolute atomic E-state index is 0.0351. The SMILES string of the molecule is C=C[C@H](C)NC(=O)c1cccc(OC(C)C)n1. The Hall–Kier alpha value is -1.84. The van der Waals surface area contributed by atoms with E-state index in [1.54, 1.807) is 24.3 Å². The summed E-state index contributed by atoms with van der Waals surface area (Å²) in [5.41, 5.74) is 0.344. The number of aromatic nitrogens is 1. The van der Waals surface area contributed by atoms with Gasteiger partial charge in [-0.25, -0.2) is 4.98 Å². The average Bonchev–Trinajstić information content (AvgIpc) is 2.28. The van der Waals surface area contributed by atoms with Crippen LogP contribution in [0.25, 0.3) is 0 Å². The van der Waals surface area contributed by atoms with Crippen molar-refractivity contribution in [1.29, 1.82) is 0 Å². The van der Waals surface area contributed by atoms with Gasteiger partial charge in [-0.2, -0.15) is 0 Å². The monoisotopic (exact) mass is 234 g/mol. The van der Waals surface area contributed by atoms with E-state index in [0.29, 0.717) is 11.6 Å². The topological polar surface area (TPSA) is 51.2 Å². The maximum absolute atomic E-state index is 11.8. The van der Waals surface area contributed by atoms with Crippen LogP contribution in [0.1, 0.15) is 31.3 Å². The molecule has 1 amide bonds. The maximum Gasteiger partial charge on any atom is 0.270 e. The van der Waals surface area contributed by atoms with E-state index in [1.165, 1.54) is 0 Å². The molecule has 1 rings (SSSR count). The highest BCUT2D eigenvalue weighted by molar-refractivity contribution is 5.92. The van der Waals surface area contributed by atoms with Crippen LogP contribution in [0.4, 0.5) is 0 Å². The summed E-state index contributed by atoms with van der Waals surface area (Å²) in [5, 5.41) is 2.75. The quantitative estimate of drug-likeness (QED) is 0.794. The molecule has 17 heavy (non-hydrogen) atoms. The molecule has 0 aliphatic heterocycles. The fourth-order valence-corrected chi connectivity index (χ4v) is 1.19. The van der Waals surface area contributed by atoms with Gasteiger partial charge in [-0.1, -0.05) is 12.1 Å². The Bertz CT molecular complexity index is 402. The number of nitrogens with one attached hydrogen (secondary N) is 1. The predicted octanol–water partition coefficient (Wildman–Crippen LogP) is 2.17. The van der Waals surface area contributed by atoms with Crippen molar-refractivity contribution in [1.82, 2.24) is 10.3 Å². The number of amides is 1.